The Labute approximate surface area is 106 Å². The highest BCUT2D eigenvalue weighted by atomic mass is 16.2. The van der Waals surface area contributed by atoms with Gasteiger partial charge in [0.2, 0.25) is 5.91 Å². The predicted molar refractivity (Wildman–Crippen MR) is 69.9 cm³/mol. The van der Waals surface area contributed by atoms with Crippen LogP contribution in [0.4, 0.5) is 11.4 Å². The molecular formula is C13H16N4O. The van der Waals surface area contributed by atoms with Gasteiger partial charge in [-0.05, 0) is 24.6 Å². The molecule has 94 valence electrons. The van der Waals surface area contributed by atoms with Crippen molar-refractivity contribution in [2.75, 3.05) is 24.6 Å². The molecule has 1 heterocycles. The van der Waals surface area contributed by atoms with E-state index >= 15 is 0 Å². The molecule has 5 nitrogen and oxygen atoms in total. The van der Waals surface area contributed by atoms with Crippen molar-refractivity contribution in [3.8, 4) is 6.07 Å². The van der Waals surface area contributed by atoms with Crippen molar-refractivity contribution in [2.24, 2.45) is 0 Å². The monoisotopic (exact) mass is 244 g/mol. The van der Waals surface area contributed by atoms with E-state index in [1.807, 2.05) is 6.07 Å². The van der Waals surface area contributed by atoms with Crippen molar-refractivity contribution in [2.45, 2.75) is 18.9 Å². The lowest BCUT2D eigenvalue weighted by atomic mass is 10.0. The molecule has 1 aliphatic heterocycles. The third-order valence-corrected chi connectivity index (χ3v) is 3.15. The smallest absolute Gasteiger partial charge is 0.222 e. The Hall–Kier alpha value is -2.22. The Morgan fingerprint density at radius 2 is 2.33 bits per heavy atom. The van der Waals surface area contributed by atoms with Gasteiger partial charge in [-0.1, -0.05) is 0 Å². The Balaban J connectivity index is 2.10. The summed E-state index contributed by atoms with van der Waals surface area (Å²) in [4.78, 5) is 13.1. The maximum Gasteiger partial charge on any atom is 0.222 e. The van der Waals surface area contributed by atoms with Crippen LogP contribution in [0.25, 0.3) is 0 Å². The molecule has 1 saturated heterocycles. The van der Waals surface area contributed by atoms with Gasteiger partial charge in [-0.15, -0.1) is 0 Å². The number of likely N-dealkylation sites (tertiary alicyclic amines) is 1. The average molecular weight is 244 g/mol. The predicted octanol–water partition coefficient (Wildman–Crippen LogP) is 1.17. The first-order chi connectivity index (χ1) is 8.60. The van der Waals surface area contributed by atoms with Crippen LogP contribution in [-0.2, 0) is 4.79 Å². The molecule has 0 radical (unpaired) electrons. The Bertz CT molecular complexity index is 506. The van der Waals surface area contributed by atoms with E-state index in [1.54, 1.807) is 24.1 Å². The van der Waals surface area contributed by atoms with E-state index < -0.39 is 0 Å². The fourth-order valence-corrected chi connectivity index (χ4v) is 2.13. The first kappa shape index (κ1) is 12.2. The molecule has 3 N–H and O–H groups in total. The van der Waals surface area contributed by atoms with E-state index in [0.717, 1.165) is 12.1 Å². The van der Waals surface area contributed by atoms with Crippen molar-refractivity contribution >= 4 is 17.3 Å². The normalized spacial score (nSPS) is 19.4. The topological polar surface area (TPSA) is 82.2 Å². The number of hydrogen-bond acceptors (Lipinski definition) is 4. The summed E-state index contributed by atoms with van der Waals surface area (Å²) in [5.41, 5.74) is 7.54. The molecule has 0 bridgehead atoms. The number of piperidine rings is 1. The molecule has 0 aromatic heterocycles. The number of nitrogens with two attached hydrogens (primary N) is 1. The number of anilines is 2. The number of carbonyl (C=O) groups is 1. The van der Waals surface area contributed by atoms with Crippen molar-refractivity contribution in [3.05, 3.63) is 23.8 Å². The van der Waals surface area contributed by atoms with E-state index in [2.05, 4.69) is 11.4 Å². The molecule has 0 spiro atoms. The van der Waals surface area contributed by atoms with Crippen LogP contribution in [0.5, 0.6) is 0 Å². The summed E-state index contributed by atoms with van der Waals surface area (Å²) in [5.74, 6) is 0.172. The van der Waals surface area contributed by atoms with Crippen LogP contribution in [0.1, 0.15) is 18.4 Å². The molecule has 1 aromatic carbocycles. The second kappa shape index (κ2) is 4.96. The number of nitrogens with one attached hydrogen (secondary N) is 1. The lowest BCUT2D eigenvalue weighted by Crippen LogP contribution is -2.43. The van der Waals surface area contributed by atoms with Crippen molar-refractivity contribution < 1.29 is 4.79 Å². The van der Waals surface area contributed by atoms with Crippen LogP contribution in [0.3, 0.4) is 0 Å². The Morgan fingerprint density at radius 3 is 3.00 bits per heavy atom. The third kappa shape index (κ3) is 2.54. The van der Waals surface area contributed by atoms with Gasteiger partial charge in [-0.3, -0.25) is 4.79 Å². The summed E-state index contributed by atoms with van der Waals surface area (Å²) >= 11 is 0. The molecule has 1 amide bonds. The minimum absolute atomic E-state index is 0.172. The van der Waals surface area contributed by atoms with Crippen molar-refractivity contribution in [3.63, 3.8) is 0 Å². The summed E-state index contributed by atoms with van der Waals surface area (Å²) in [6.07, 6.45) is 1.34. The zero-order valence-corrected chi connectivity index (χ0v) is 10.3. The molecule has 5 heteroatoms. The highest BCUT2D eigenvalue weighted by Gasteiger charge is 2.23. The van der Waals surface area contributed by atoms with E-state index in [0.29, 0.717) is 24.2 Å². The molecular weight excluding hydrogens is 228 g/mol. The van der Waals surface area contributed by atoms with E-state index in [9.17, 15) is 4.79 Å². The molecule has 1 atom stereocenters. The zero-order valence-electron chi connectivity index (χ0n) is 10.3. The number of carbonyl (C=O) groups excluding carboxylic acids is 1. The van der Waals surface area contributed by atoms with Gasteiger partial charge in [-0.2, -0.15) is 5.26 Å². The lowest BCUT2D eigenvalue weighted by molar-refractivity contribution is -0.132. The minimum atomic E-state index is 0.172. The van der Waals surface area contributed by atoms with Gasteiger partial charge in [0.15, 0.2) is 0 Å². The number of nitrogens with zero attached hydrogens (tertiary/aromatic N) is 2. The van der Waals surface area contributed by atoms with Crippen LogP contribution in [-0.4, -0.2) is 30.4 Å². The van der Waals surface area contributed by atoms with Crippen LogP contribution in [0.2, 0.25) is 0 Å². The summed E-state index contributed by atoms with van der Waals surface area (Å²) in [7, 11) is 1.80. The zero-order chi connectivity index (χ0) is 13.1. The van der Waals surface area contributed by atoms with Crippen molar-refractivity contribution in [1.82, 2.24) is 4.90 Å². The standard InChI is InChI=1S/C13H16N4O/c1-17-8-11(3-5-13(17)18)16-12-4-2-10(15)6-9(12)7-14/h2,4,6,11,16H,3,5,8,15H2,1H3. The number of nitriles is 1. The molecule has 1 aliphatic rings. The van der Waals surface area contributed by atoms with E-state index in [4.69, 9.17) is 11.0 Å². The molecule has 0 saturated carbocycles. The van der Waals surface area contributed by atoms with Crippen molar-refractivity contribution in [1.29, 1.82) is 5.26 Å². The number of likely N-dealkylation sites (N-methyl/N-ethyl adjacent to an activating group) is 1. The number of amides is 1. The second-order valence-corrected chi connectivity index (χ2v) is 4.57. The van der Waals surface area contributed by atoms with Crippen LogP contribution >= 0.6 is 0 Å². The second-order valence-electron chi connectivity index (χ2n) is 4.57. The maximum absolute atomic E-state index is 11.4. The summed E-state index contributed by atoms with van der Waals surface area (Å²) in [6.45, 7) is 0.661. The van der Waals surface area contributed by atoms with Crippen LogP contribution in [0, 0.1) is 11.3 Å². The molecule has 1 fully saturated rings. The summed E-state index contributed by atoms with van der Waals surface area (Å²) < 4.78 is 0. The first-order valence-electron chi connectivity index (χ1n) is 5.90. The fraction of sp³-hybridized carbons (Fsp3) is 0.385. The minimum Gasteiger partial charge on any atom is -0.399 e. The summed E-state index contributed by atoms with van der Waals surface area (Å²) in [5, 5.41) is 12.4. The van der Waals surface area contributed by atoms with Gasteiger partial charge in [0.1, 0.15) is 6.07 Å². The number of rotatable bonds is 2. The summed E-state index contributed by atoms with van der Waals surface area (Å²) in [6, 6.07) is 7.53. The average Bonchev–Trinajstić information content (AvgIpc) is 2.36. The largest absolute Gasteiger partial charge is 0.399 e. The van der Waals surface area contributed by atoms with E-state index in [1.165, 1.54) is 0 Å². The van der Waals surface area contributed by atoms with Gasteiger partial charge in [0, 0.05) is 31.7 Å². The quantitative estimate of drug-likeness (QED) is 0.765. The SMILES string of the molecule is CN1CC(Nc2ccc(N)cc2C#N)CCC1=O. The first-order valence-corrected chi connectivity index (χ1v) is 5.90. The van der Waals surface area contributed by atoms with Gasteiger partial charge >= 0.3 is 0 Å². The fourth-order valence-electron chi connectivity index (χ4n) is 2.13. The number of nitrogen functional groups attached to an aromatic ring is 1. The molecule has 2 rings (SSSR count). The Kier molecular flexibility index (Phi) is 3.38. The third-order valence-electron chi connectivity index (χ3n) is 3.15. The maximum atomic E-state index is 11.4. The number of benzene rings is 1. The van der Waals surface area contributed by atoms with Gasteiger partial charge < -0.3 is 16.0 Å². The Morgan fingerprint density at radius 1 is 1.56 bits per heavy atom. The highest BCUT2D eigenvalue weighted by Crippen LogP contribution is 2.21. The van der Waals surface area contributed by atoms with Gasteiger partial charge in [0.05, 0.1) is 11.3 Å². The van der Waals surface area contributed by atoms with Crippen LogP contribution < -0.4 is 11.1 Å². The molecule has 1 aromatic rings. The van der Waals surface area contributed by atoms with E-state index in [-0.39, 0.29) is 11.9 Å². The van der Waals surface area contributed by atoms with Gasteiger partial charge in [-0.25, -0.2) is 0 Å². The number of hydrogen-bond donors (Lipinski definition) is 2. The van der Waals surface area contributed by atoms with Crippen LogP contribution in [0.15, 0.2) is 18.2 Å². The molecule has 18 heavy (non-hydrogen) atoms. The lowest BCUT2D eigenvalue weighted by Gasteiger charge is -2.31. The molecule has 0 aliphatic carbocycles. The highest BCUT2D eigenvalue weighted by molar-refractivity contribution is 5.77. The van der Waals surface area contributed by atoms with Gasteiger partial charge in [0.25, 0.3) is 0 Å². The molecule has 1 unspecified atom stereocenters.